The van der Waals surface area contributed by atoms with Gasteiger partial charge in [-0.15, -0.1) is 0 Å². The number of ether oxygens (including phenoxy) is 1. The summed E-state index contributed by atoms with van der Waals surface area (Å²) in [6, 6.07) is 10.9. The molecule has 1 aromatic carbocycles. The first-order chi connectivity index (χ1) is 11.8. The molecular formula is C20H27N3O2. The topological polar surface area (TPSA) is 56.6 Å². The molecule has 3 atom stereocenters. The van der Waals surface area contributed by atoms with Crippen LogP contribution in [0.2, 0.25) is 0 Å². The third-order valence-corrected chi connectivity index (χ3v) is 5.04. The van der Waals surface area contributed by atoms with Crippen LogP contribution in [-0.4, -0.2) is 41.8 Å². The van der Waals surface area contributed by atoms with E-state index in [0.717, 1.165) is 37.2 Å². The molecule has 1 aromatic rings. The number of benzene rings is 1. The predicted molar refractivity (Wildman–Crippen MR) is 97.6 cm³/mol. The molecule has 0 saturated carbocycles. The molecule has 0 N–H and O–H groups in total. The molecule has 3 rings (SSSR count). The quantitative estimate of drug-likeness (QED) is 0.818. The molecule has 2 aliphatic heterocycles. The number of piperazine rings is 1. The number of nitriles is 1. The minimum Gasteiger partial charge on any atom is -0.444 e. The van der Waals surface area contributed by atoms with Crippen molar-refractivity contribution in [2.45, 2.75) is 64.1 Å². The summed E-state index contributed by atoms with van der Waals surface area (Å²) >= 11 is 0. The van der Waals surface area contributed by atoms with Gasteiger partial charge in [-0.2, -0.15) is 5.26 Å². The second kappa shape index (κ2) is 6.59. The Hall–Kier alpha value is -2.22. The highest BCUT2D eigenvalue weighted by Gasteiger charge is 2.44. The molecule has 25 heavy (non-hydrogen) atoms. The van der Waals surface area contributed by atoms with Crippen molar-refractivity contribution in [1.82, 2.24) is 4.90 Å². The molecule has 0 radical (unpaired) electrons. The van der Waals surface area contributed by atoms with E-state index < -0.39 is 5.60 Å². The Labute approximate surface area is 150 Å². The number of carbonyl (C=O) groups excluding carboxylic acids is 1. The Morgan fingerprint density at radius 3 is 2.24 bits per heavy atom. The van der Waals surface area contributed by atoms with E-state index >= 15 is 0 Å². The highest BCUT2D eigenvalue weighted by molar-refractivity contribution is 5.70. The van der Waals surface area contributed by atoms with Crippen molar-refractivity contribution in [2.24, 2.45) is 0 Å². The minimum absolute atomic E-state index is 0.0887. The van der Waals surface area contributed by atoms with Crippen molar-refractivity contribution < 1.29 is 9.53 Å². The van der Waals surface area contributed by atoms with Gasteiger partial charge in [0.05, 0.1) is 24.1 Å². The molecule has 0 aliphatic carbocycles. The summed E-state index contributed by atoms with van der Waals surface area (Å²) in [6.45, 7) is 9.31. The van der Waals surface area contributed by atoms with Crippen LogP contribution in [-0.2, 0) is 4.74 Å². The average Bonchev–Trinajstić information content (AvgIpc) is 2.83. The Morgan fingerprint density at radius 2 is 1.76 bits per heavy atom. The lowest BCUT2D eigenvalue weighted by Crippen LogP contribution is -2.56. The summed E-state index contributed by atoms with van der Waals surface area (Å²) in [5.41, 5.74) is 1.75. The van der Waals surface area contributed by atoms with Gasteiger partial charge in [0, 0.05) is 18.8 Å². The summed E-state index contributed by atoms with van der Waals surface area (Å²) in [5, 5.41) is 9.04. The van der Waals surface area contributed by atoms with Crippen molar-refractivity contribution in [3.8, 4) is 6.07 Å². The Balaban J connectivity index is 1.69. The maximum absolute atomic E-state index is 12.5. The molecule has 2 fully saturated rings. The van der Waals surface area contributed by atoms with Gasteiger partial charge in [-0.3, -0.25) is 4.90 Å². The summed E-state index contributed by atoms with van der Waals surface area (Å²) < 4.78 is 5.59. The molecule has 2 bridgehead atoms. The molecule has 3 unspecified atom stereocenters. The van der Waals surface area contributed by atoms with E-state index in [9.17, 15) is 4.79 Å². The van der Waals surface area contributed by atoms with Gasteiger partial charge in [-0.25, -0.2) is 4.79 Å². The van der Waals surface area contributed by atoms with Crippen LogP contribution in [0.1, 0.15) is 52.0 Å². The monoisotopic (exact) mass is 341 g/mol. The fraction of sp³-hybridized carbons (Fsp3) is 0.600. The molecule has 2 aliphatic rings. The standard InChI is InChI=1S/C20H27N3O2/c1-14(11-21)15-5-7-16(8-6-15)22-12-17-9-10-18(13-22)23(17)19(24)25-20(2,3)4/h5-8,14,17-18H,9-10,12-13H2,1-4H3. The Morgan fingerprint density at radius 1 is 1.20 bits per heavy atom. The zero-order chi connectivity index (χ0) is 18.2. The smallest absolute Gasteiger partial charge is 0.410 e. The number of amides is 1. The van der Waals surface area contributed by atoms with E-state index in [0.29, 0.717) is 0 Å². The second-order valence-corrected chi connectivity index (χ2v) is 8.12. The number of anilines is 1. The van der Waals surface area contributed by atoms with Crippen molar-refractivity contribution in [1.29, 1.82) is 5.26 Å². The predicted octanol–water partition coefficient (Wildman–Crippen LogP) is 3.90. The molecule has 1 amide bonds. The van der Waals surface area contributed by atoms with Gasteiger partial charge in [0.1, 0.15) is 5.60 Å². The third-order valence-electron chi connectivity index (χ3n) is 5.04. The highest BCUT2D eigenvalue weighted by Crippen LogP contribution is 2.34. The van der Waals surface area contributed by atoms with Crippen LogP contribution in [0.4, 0.5) is 10.5 Å². The highest BCUT2D eigenvalue weighted by atomic mass is 16.6. The number of nitrogens with zero attached hydrogens (tertiary/aromatic N) is 3. The van der Waals surface area contributed by atoms with Crippen LogP contribution < -0.4 is 4.90 Å². The number of fused-ring (bicyclic) bond motifs is 2. The first-order valence-electron chi connectivity index (χ1n) is 9.04. The zero-order valence-corrected chi connectivity index (χ0v) is 15.5. The number of hydrogen-bond acceptors (Lipinski definition) is 4. The minimum atomic E-state index is -0.457. The number of carbonyl (C=O) groups is 1. The van der Waals surface area contributed by atoms with Gasteiger partial charge >= 0.3 is 6.09 Å². The average molecular weight is 341 g/mol. The lowest BCUT2D eigenvalue weighted by molar-refractivity contribution is 0.0123. The Kier molecular flexibility index (Phi) is 4.64. The Bertz CT molecular complexity index is 658. The van der Waals surface area contributed by atoms with E-state index in [-0.39, 0.29) is 24.1 Å². The van der Waals surface area contributed by atoms with Gasteiger partial charge in [-0.05, 0) is 58.2 Å². The first-order valence-corrected chi connectivity index (χ1v) is 9.04. The second-order valence-electron chi connectivity index (χ2n) is 8.12. The van der Waals surface area contributed by atoms with Crippen LogP contribution in [0.5, 0.6) is 0 Å². The summed E-state index contributed by atoms with van der Waals surface area (Å²) in [6.07, 6.45) is 1.88. The molecule has 2 heterocycles. The van der Waals surface area contributed by atoms with E-state index in [1.165, 1.54) is 0 Å². The lowest BCUT2D eigenvalue weighted by Gasteiger charge is -2.42. The van der Waals surface area contributed by atoms with Gasteiger partial charge in [0.2, 0.25) is 0 Å². The van der Waals surface area contributed by atoms with Gasteiger partial charge in [0.15, 0.2) is 0 Å². The van der Waals surface area contributed by atoms with Crippen LogP contribution in [0.3, 0.4) is 0 Å². The van der Waals surface area contributed by atoms with Crippen LogP contribution in [0.15, 0.2) is 24.3 Å². The fourth-order valence-electron chi connectivity index (χ4n) is 3.77. The fourth-order valence-corrected chi connectivity index (χ4v) is 3.77. The van der Waals surface area contributed by atoms with Crippen LogP contribution >= 0.6 is 0 Å². The van der Waals surface area contributed by atoms with E-state index in [1.54, 1.807) is 0 Å². The largest absolute Gasteiger partial charge is 0.444 e. The third kappa shape index (κ3) is 3.73. The van der Waals surface area contributed by atoms with E-state index in [4.69, 9.17) is 10.00 Å². The normalized spacial score (nSPS) is 24.0. The molecule has 134 valence electrons. The molecular weight excluding hydrogens is 314 g/mol. The van der Waals surface area contributed by atoms with Crippen LogP contribution in [0.25, 0.3) is 0 Å². The van der Waals surface area contributed by atoms with Crippen molar-refractivity contribution in [2.75, 3.05) is 18.0 Å². The number of rotatable bonds is 2. The molecule has 5 heteroatoms. The summed E-state index contributed by atoms with van der Waals surface area (Å²) in [7, 11) is 0. The molecule has 0 spiro atoms. The maximum atomic E-state index is 12.5. The first kappa shape index (κ1) is 17.6. The van der Waals surface area contributed by atoms with Crippen molar-refractivity contribution >= 4 is 11.8 Å². The van der Waals surface area contributed by atoms with Gasteiger partial charge in [0.25, 0.3) is 0 Å². The molecule has 2 saturated heterocycles. The van der Waals surface area contributed by atoms with E-state index in [2.05, 4.69) is 23.1 Å². The molecule has 5 nitrogen and oxygen atoms in total. The summed E-state index contributed by atoms with van der Waals surface area (Å²) in [4.78, 5) is 16.8. The number of hydrogen-bond donors (Lipinski definition) is 0. The van der Waals surface area contributed by atoms with Gasteiger partial charge in [-0.1, -0.05) is 12.1 Å². The lowest BCUT2D eigenvalue weighted by atomic mass is 10.0. The van der Waals surface area contributed by atoms with Crippen molar-refractivity contribution in [3.63, 3.8) is 0 Å². The van der Waals surface area contributed by atoms with E-state index in [1.807, 2.05) is 44.7 Å². The van der Waals surface area contributed by atoms with Crippen molar-refractivity contribution in [3.05, 3.63) is 29.8 Å². The van der Waals surface area contributed by atoms with Gasteiger partial charge < -0.3 is 9.64 Å². The zero-order valence-electron chi connectivity index (χ0n) is 15.5. The van der Waals surface area contributed by atoms with Crippen LogP contribution in [0, 0.1) is 11.3 Å². The SMILES string of the molecule is CC(C#N)c1ccc(N2CC3CCC(C2)N3C(=O)OC(C)(C)C)cc1. The maximum Gasteiger partial charge on any atom is 0.410 e. The summed E-state index contributed by atoms with van der Waals surface area (Å²) in [5.74, 6) is -0.0887. The molecule has 0 aromatic heterocycles.